The molecule has 1 atom stereocenters. The molecule has 0 aliphatic carbocycles. The lowest BCUT2D eigenvalue weighted by Crippen LogP contribution is -2.59. The second kappa shape index (κ2) is 13.1. The Labute approximate surface area is 253 Å². The van der Waals surface area contributed by atoms with Gasteiger partial charge in [-0.05, 0) is 64.8 Å². The highest BCUT2D eigenvalue weighted by molar-refractivity contribution is 6.04. The monoisotopic (exact) mass is 600 g/mol. The van der Waals surface area contributed by atoms with Crippen molar-refractivity contribution in [3.8, 4) is 0 Å². The molecule has 1 unspecified atom stereocenters. The van der Waals surface area contributed by atoms with Crippen LogP contribution in [0.1, 0.15) is 58.6 Å². The fourth-order valence-electron chi connectivity index (χ4n) is 5.80. The smallest absolute Gasteiger partial charge is 0.275 e. The summed E-state index contributed by atoms with van der Waals surface area (Å²) in [5.74, 6) is -5.06. The Morgan fingerprint density at radius 2 is 1.84 bits per heavy atom. The van der Waals surface area contributed by atoms with E-state index in [1.54, 1.807) is 25.1 Å². The predicted molar refractivity (Wildman–Crippen MR) is 161 cm³/mol. The molecular formula is C32H45FN4O6. The van der Waals surface area contributed by atoms with Crippen molar-refractivity contribution in [3.63, 3.8) is 0 Å². The van der Waals surface area contributed by atoms with Crippen LogP contribution in [0, 0.1) is 5.82 Å². The summed E-state index contributed by atoms with van der Waals surface area (Å²) in [7, 11) is 1.35. The number of rotatable bonds is 11. The van der Waals surface area contributed by atoms with Crippen LogP contribution in [0.25, 0.3) is 0 Å². The van der Waals surface area contributed by atoms with E-state index in [-0.39, 0.29) is 41.7 Å². The fourth-order valence-corrected chi connectivity index (χ4v) is 5.80. The summed E-state index contributed by atoms with van der Waals surface area (Å²) in [5, 5.41) is 37.8. The Morgan fingerprint density at radius 3 is 2.40 bits per heavy atom. The third-order valence-electron chi connectivity index (χ3n) is 7.36. The molecule has 236 valence electrons. The zero-order valence-corrected chi connectivity index (χ0v) is 25.9. The predicted octanol–water partition coefficient (Wildman–Crippen LogP) is 2.53. The summed E-state index contributed by atoms with van der Waals surface area (Å²) in [6.07, 6.45) is 7.65. The number of amides is 2. The van der Waals surface area contributed by atoms with Crippen LogP contribution in [-0.2, 0) is 26.8 Å². The topological polar surface area (TPSA) is 135 Å². The number of hydrogen-bond donors (Lipinski definition) is 5. The molecule has 1 aromatic rings. The molecule has 0 saturated carbocycles. The largest absolute Gasteiger partial charge is 0.367 e. The van der Waals surface area contributed by atoms with Crippen LogP contribution in [0.2, 0.25) is 0 Å². The maximum Gasteiger partial charge on any atom is 0.275 e. The van der Waals surface area contributed by atoms with Crippen molar-refractivity contribution in [2.75, 3.05) is 26.7 Å². The first kappa shape index (κ1) is 34.1. The van der Waals surface area contributed by atoms with E-state index in [0.29, 0.717) is 25.2 Å². The average Bonchev–Trinajstić information content (AvgIpc) is 3.22. The number of nitrogens with one attached hydrogen (secondary N) is 2. The lowest BCUT2D eigenvalue weighted by molar-refractivity contribution is -0.188. The molecule has 3 rings (SSSR count). The Balaban J connectivity index is 1.86. The van der Waals surface area contributed by atoms with Crippen LogP contribution in [0.3, 0.4) is 0 Å². The molecular weight excluding hydrogens is 555 g/mol. The normalized spacial score (nSPS) is 22.3. The van der Waals surface area contributed by atoms with E-state index >= 15 is 4.39 Å². The summed E-state index contributed by atoms with van der Waals surface area (Å²) < 4.78 is 21.4. The molecule has 0 aromatic heterocycles. The quantitative estimate of drug-likeness (QED) is 0.149. The van der Waals surface area contributed by atoms with Crippen LogP contribution in [-0.4, -0.2) is 80.5 Å². The highest BCUT2D eigenvalue weighted by Crippen LogP contribution is 2.33. The van der Waals surface area contributed by atoms with Crippen LogP contribution >= 0.6 is 0 Å². The third-order valence-corrected chi connectivity index (χ3v) is 7.36. The van der Waals surface area contributed by atoms with Crippen LogP contribution in [0.4, 0.5) is 4.39 Å². The molecule has 5 N–H and O–H groups in total. The molecule has 2 saturated heterocycles. The highest BCUT2D eigenvalue weighted by Gasteiger charge is 2.48. The Hall–Kier alpha value is -3.35. The van der Waals surface area contributed by atoms with Gasteiger partial charge in [-0.1, -0.05) is 24.3 Å². The average molecular weight is 601 g/mol. The summed E-state index contributed by atoms with van der Waals surface area (Å²) in [6.45, 7) is 14.9. The van der Waals surface area contributed by atoms with Gasteiger partial charge in [0.1, 0.15) is 5.82 Å². The number of likely N-dealkylation sites (tertiary alicyclic amines) is 1. The van der Waals surface area contributed by atoms with E-state index in [1.807, 2.05) is 27.7 Å². The summed E-state index contributed by atoms with van der Waals surface area (Å²) in [5.41, 5.74) is -2.30. The molecule has 10 nitrogen and oxygen atoms in total. The van der Waals surface area contributed by atoms with Gasteiger partial charge in [-0.2, -0.15) is 0 Å². The van der Waals surface area contributed by atoms with Crippen molar-refractivity contribution in [2.24, 2.45) is 0 Å². The van der Waals surface area contributed by atoms with E-state index in [1.165, 1.54) is 37.5 Å². The lowest BCUT2D eigenvalue weighted by Gasteiger charge is -2.47. The fraction of sp³-hybridized carbons (Fsp3) is 0.500. The van der Waals surface area contributed by atoms with Gasteiger partial charge in [-0.25, -0.2) is 4.39 Å². The number of nitrogens with zero attached hydrogens (tertiary/aromatic N) is 2. The van der Waals surface area contributed by atoms with E-state index < -0.39 is 34.8 Å². The number of carbonyl (C=O) groups excluding carboxylic acids is 2. The van der Waals surface area contributed by atoms with Crippen LogP contribution in [0.15, 0.2) is 66.4 Å². The summed E-state index contributed by atoms with van der Waals surface area (Å²) in [4.78, 5) is 29.2. The van der Waals surface area contributed by atoms with Crippen molar-refractivity contribution in [3.05, 3.63) is 83.4 Å². The van der Waals surface area contributed by atoms with Crippen molar-refractivity contribution >= 4 is 11.8 Å². The molecule has 2 amide bonds. The number of halogens is 1. The third kappa shape index (κ3) is 7.98. The van der Waals surface area contributed by atoms with Gasteiger partial charge in [0.25, 0.3) is 17.7 Å². The summed E-state index contributed by atoms with van der Waals surface area (Å²) >= 11 is 0. The number of carbonyl (C=O) groups is 2. The molecule has 2 aliphatic heterocycles. The first-order chi connectivity index (χ1) is 20.0. The summed E-state index contributed by atoms with van der Waals surface area (Å²) in [6, 6.07) is 4.20. The van der Waals surface area contributed by atoms with E-state index in [4.69, 9.17) is 4.74 Å². The number of benzene rings is 1. The van der Waals surface area contributed by atoms with Gasteiger partial charge in [0, 0.05) is 50.4 Å². The molecule has 0 bridgehead atoms. The molecule has 2 aliphatic rings. The number of likely N-dealkylation sites (N-methyl/N-ethyl adjacent to an activating group) is 1. The van der Waals surface area contributed by atoms with Gasteiger partial charge < -0.3 is 30.7 Å². The maximum atomic E-state index is 15.3. The molecule has 0 spiro atoms. The van der Waals surface area contributed by atoms with Gasteiger partial charge in [-0.15, -0.1) is 6.58 Å². The Kier molecular flexibility index (Phi) is 10.4. The second-order valence-electron chi connectivity index (χ2n) is 12.3. The van der Waals surface area contributed by atoms with E-state index in [2.05, 4.69) is 22.1 Å². The van der Waals surface area contributed by atoms with Gasteiger partial charge in [0.15, 0.2) is 0 Å². The first-order valence-corrected chi connectivity index (χ1v) is 14.3. The van der Waals surface area contributed by atoms with E-state index in [0.717, 1.165) is 4.90 Å². The van der Waals surface area contributed by atoms with Gasteiger partial charge in [0.05, 0.1) is 23.3 Å². The van der Waals surface area contributed by atoms with Crippen molar-refractivity contribution < 1.29 is 34.0 Å². The number of aliphatic hydroxyl groups is 3. The molecule has 43 heavy (non-hydrogen) atoms. The molecule has 2 heterocycles. The molecule has 11 heteroatoms. The maximum absolute atomic E-state index is 15.3. The van der Waals surface area contributed by atoms with Crippen LogP contribution in [0.5, 0.6) is 0 Å². The number of ether oxygens (including phenoxy) is 1. The Bertz CT molecular complexity index is 1300. The molecule has 1 aromatic carbocycles. The van der Waals surface area contributed by atoms with Gasteiger partial charge in [0.2, 0.25) is 5.72 Å². The van der Waals surface area contributed by atoms with Gasteiger partial charge >= 0.3 is 0 Å². The first-order valence-electron chi connectivity index (χ1n) is 14.3. The van der Waals surface area contributed by atoms with Crippen LogP contribution < -0.4 is 10.6 Å². The minimum Gasteiger partial charge on any atom is -0.367 e. The SMILES string of the molecule is C=CCCC(O)(C(=O)NC)N1CC(=C\NC(O)(O)c2ccc(CN3CC(C)(C)OC(C)(C)C3)cc2F)/C(=C\C=C/C)C1=O. The number of hydrogen-bond acceptors (Lipinski definition) is 8. The van der Waals surface area contributed by atoms with E-state index in [9.17, 15) is 24.9 Å². The zero-order valence-electron chi connectivity index (χ0n) is 25.9. The number of morpholine rings is 1. The van der Waals surface area contributed by atoms with Gasteiger partial charge in [-0.3, -0.25) is 19.4 Å². The van der Waals surface area contributed by atoms with Crippen molar-refractivity contribution in [1.29, 1.82) is 0 Å². The zero-order chi connectivity index (χ0) is 32.2. The Morgan fingerprint density at radius 1 is 1.19 bits per heavy atom. The highest BCUT2D eigenvalue weighted by atomic mass is 19.1. The van der Waals surface area contributed by atoms with Crippen molar-refractivity contribution in [2.45, 2.75) is 76.8 Å². The minimum absolute atomic E-state index is 0.0968. The standard InChI is InChI=1S/C32H45FN4O6/c1-8-10-12-24-23(19-37(27(24)38)31(40,15-11-9-2)28(39)34-7)17-35-32(41,42)25-14-13-22(16-26(25)33)18-36-20-29(3,4)43-30(5,6)21-36/h8-10,12-14,16-17,35,40-42H,2,11,15,18-21H2,1,3-7H3,(H,34,39)/b10-8-,23-17+,24-12+. The second-order valence-corrected chi connectivity index (χ2v) is 12.3. The molecule has 0 radical (unpaired) electrons. The minimum atomic E-state index is -2.83. The molecule has 2 fully saturated rings. The van der Waals surface area contributed by atoms with Crippen molar-refractivity contribution in [1.82, 2.24) is 20.4 Å². The number of allylic oxidation sites excluding steroid dienone is 4. The lowest BCUT2D eigenvalue weighted by atomic mass is 9.98.